The smallest absolute Gasteiger partial charge is 0.272 e. The molecule has 1 amide bonds. The lowest BCUT2D eigenvalue weighted by Gasteiger charge is -2.17. The van der Waals surface area contributed by atoms with E-state index in [4.69, 9.17) is 9.72 Å². The molecule has 0 spiro atoms. The van der Waals surface area contributed by atoms with Crippen LogP contribution < -0.4 is 4.74 Å². The van der Waals surface area contributed by atoms with Crippen LogP contribution in [-0.2, 0) is 20.6 Å². The van der Waals surface area contributed by atoms with Gasteiger partial charge in [-0.15, -0.1) is 0 Å². The number of aromatic nitrogens is 8. The summed E-state index contributed by atoms with van der Waals surface area (Å²) in [4.78, 5) is 32.2. The third-order valence-corrected chi connectivity index (χ3v) is 6.01. The number of carbonyl (C=O) groups excluding carboxylic acids is 1. The second-order valence-corrected chi connectivity index (χ2v) is 7.97. The van der Waals surface area contributed by atoms with Crippen LogP contribution in [-0.4, -0.2) is 68.9 Å². The fourth-order valence-corrected chi connectivity index (χ4v) is 4.18. The number of hydrogen-bond donors (Lipinski definition) is 0. The zero-order valence-electron chi connectivity index (χ0n) is 18.6. The van der Waals surface area contributed by atoms with Crippen LogP contribution in [0, 0.1) is 6.92 Å². The maximum absolute atomic E-state index is 12.8. The Morgan fingerprint density at radius 3 is 2.81 bits per heavy atom. The van der Waals surface area contributed by atoms with Crippen LogP contribution in [0.5, 0.6) is 5.88 Å². The average molecular weight is 435 g/mol. The maximum Gasteiger partial charge on any atom is 0.272 e. The van der Waals surface area contributed by atoms with Gasteiger partial charge in [0.1, 0.15) is 23.9 Å². The SMILES string of the molecule is CCn1ncc(-c2nc3c(OC4CCN(C(=O)c5cncn5C)C4)ncnc3n2C)c1C. The first-order valence-electron chi connectivity index (χ1n) is 10.6. The molecule has 0 bridgehead atoms. The van der Waals surface area contributed by atoms with E-state index in [0.29, 0.717) is 35.8 Å². The average Bonchev–Trinajstić information content (AvgIpc) is 3.56. The predicted molar refractivity (Wildman–Crippen MR) is 116 cm³/mol. The molecule has 1 aliphatic heterocycles. The van der Waals surface area contributed by atoms with Gasteiger partial charge in [-0.05, 0) is 13.8 Å². The molecule has 4 aromatic heterocycles. The zero-order chi connectivity index (χ0) is 22.4. The van der Waals surface area contributed by atoms with Crippen molar-refractivity contribution in [3.63, 3.8) is 0 Å². The molecule has 0 aromatic carbocycles. The standard InChI is InChI=1S/C21H25N9O2/c1-5-30-13(2)15(8-25-30)18-26-17-19(28(18)4)23-11-24-20(17)32-14-6-7-29(10-14)21(31)16-9-22-12-27(16)3/h8-9,11-12,14H,5-7,10H2,1-4H3. The van der Waals surface area contributed by atoms with Crippen molar-refractivity contribution in [1.82, 2.24) is 43.8 Å². The van der Waals surface area contributed by atoms with Gasteiger partial charge in [-0.1, -0.05) is 0 Å². The molecular weight excluding hydrogens is 410 g/mol. The van der Waals surface area contributed by atoms with Gasteiger partial charge in [0.2, 0.25) is 5.88 Å². The lowest BCUT2D eigenvalue weighted by molar-refractivity contribution is 0.0762. The lowest BCUT2D eigenvalue weighted by atomic mass is 10.2. The van der Waals surface area contributed by atoms with Gasteiger partial charge in [0.15, 0.2) is 11.2 Å². The first-order chi connectivity index (χ1) is 15.5. The first kappa shape index (κ1) is 20.2. The second-order valence-electron chi connectivity index (χ2n) is 7.97. The van der Waals surface area contributed by atoms with Crippen LogP contribution >= 0.6 is 0 Å². The van der Waals surface area contributed by atoms with Crippen LogP contribution in [0.15, 0.2) is 25.0 Å². The number of aryl methyl sites for hydroxylation is 3. The molecule has 1 fully saturated rings. The number of imidazole rings is 2. The molecule has 0 saturated carbocycles. The van der Waals surface area contributed by atoms with Gasteiger partial charge in [0.25, 0.3) is 5.91 Å². The molecule has 1 atom stereocenters. The normalized spacial score (nSPS) is 16.2. The highest BCUT2D eigenvalue weighted by atomic mass is 16.5. The fraction of sp³-hybridized carbons (Fsp3) is 0.429. The molecule has 5 heterocycles. The minimum Gasteiger partial charge on any atom is -0.471 e. The predicted octanol–water partition coefficient (Wildman–Crippen LogP) is 1.58. The minimum atomic E-state index is -0.166. The van der Waals surface area contributed by atoms with E-state index in [1.165, 1.54) is 6.33 Å². The van der Waals surface area contributed by atoms with Crippen LogP contribution in [0.4, 0.5) is 0 Å². The number of hydrogen-bond acceptors (Lipinski definition) is 7. The van der Waals surface area contributed by atoms with Crippen molar-refractivity contribution >= 4 is 17.1 Å². The monoisotopic (exact) mass is 435 g/mol. The molecule has 1 unspecified atom stereocenters. The number of ether oxygens (including phenoxy) is 1. The Labute approximate surface area is 184 Å². The minimum absolute atomic E-state index is 0.0486. The van der Waals surface area contributed by atoms with E-state index in [1.807, 2.05) is 36.5 Å². The summed E-state index contributed by atoms with van der Waals surface area (Å²) in [6, 6.07) is 0. The van der Waals surface area contributed by atoms with Crippen LogP contribution in [0.2, 0.25) is 0 Å². The van der Waals surface area contributed by atoms with Gasteiger partial charge in [-0.25, -0.2) is 15.0 Å². The van der Waals surface area contributed by atoms with Crippen LogP contribution in [0.25, 0.3) is 22.6 Å². The Morgan fingerprint density at radius 2 is 2.09 bits per heavy atom. The number of nitrogens with zero attached hydrogens (tertiary/aromatic N) is 9. The summed E-state index contributed by atoms with van der Waals surface area (Å²) < 4.78 is 11.8. The molecule has 4 aromatic rings. The van der Waals surface area contributed by atoms with Gasteiger partial charge in [0, 0.05) is 39.3 Å². The van der Waals surface area contributed by atoms with Crippen LogP contribution in [0.1, 0.15) is 29.5 Å². The van der Waals surface area contributed by atoms with E-state index < -0.39 is 0 Å². The third kappa shape index (κ3) is 3.20. The molecule has 0 radical (unpaired) electrons. The van der Waals surface area contributed by atoms with Crippen molar-refractivity contribution < 1.29 is 9.53 Å². The van der Waals surface area contributed by atoms with Gasteiger partial charge in [0.05, 0.1) is 30.8 Å². The van der Waals surface area contributed by atoms with Gasteiger partial charge in [-0.2, -0.15) is 10.1 Å². The molecule has 11 nitrogen and oxygen atoms in total. The molecular formula is C21H25N9O2. The molecule has 32 heavy (non-hydrogen) atoms. The highest BCUT2D eigenvalue weighted by Gasteiger charge is 2.30. The summed E-state index contributed by atoms with van der Waals surface area (Å²) in [5, 5.41) is 4.43. The van der Waals surface area contributed by atoms with Crippen molar-refractivity contribution in [2.45, 2.75) is 32.9 Å². The summed E-state index contributed by atoms with van der Waals surface area (Å²) in [5.74, 6) is 1.15. The molecule has 0 aliphatic carbocycles. The Morgan fingerprint density at radius 1 is 1.25 bits per heavy atom. The van der Waals surface area contributed by atoms with Gasteiger partial charge in [-0.3, -0.25) is 9.48 Å². The largest absolute Gasteiger partial charge is 0.471 e. The van der Waals surface area contributed by atoms with E-state index in [1.54, 1.807) is 22.0 Å². The number of likely N-dealkylation sites (tertiary alicyclic amines) is 1. The number of carbonyl (C=O) groups is 1. The zero-order valence-corrected chi connectivity index (χ0v) is 18.6. The number of rotatable bonds is 5. The van der Waals surface area contributed by atoms with E-state index in [9.17, 15) is 4.79 Å². The Kier molecular flexibility index (Phi) is 4.87. The van der Waals surface area contributed by atoms with E-state index in [2.05, 4.69) is 27.0 Å². The summed E-state index contributed by atoms with van der Waals surface area (Å²) in [5.41, 5.74) is 3.85. The van der Waals surface area contributed by atoms with E-state index in [0.717, 1.165) is 30.0 Å². The summed E-state index contributed by atoms with van der Waals surface area (Å²) in [6.45, 7) is 5.98. The van der Waals surface area contributed by atoms with Crippen LogP contribution in [0.3, 0.4) is 0 Å². The fourth-order valence-electron chi connectivity index (χ4n) is 4.18. The topological polar surface area (TPSA) is 109 Å². The molecule has 1 saturated heterocycles. The summed E-state index contributed by atoms with van der Waals surface area (Å²) in [6.07, 6.45) is 7.07. The van der Waals surface area contributed by atoms with Gasteiger partial charge >= 0.3 is 0 Å². The third-order valence-electron chi connectivity index (χ3n) is 6.01. The molecule has 0 N–H and O–H groups in total. The Balaban J connectivity index is 1.40. The van der Waals surface area contributed by atoms with Crippen molar-refractivity contribution in [2.24, 2.45) is 14.1 Å². The number of fused-ring (bicyclic) bond motifs is 1. The van der Waals surface area contributed by atoms with Gasteiger partial charge < -0.3 is 18.8 Å². The summed E-state index contributed by atoms with van der Waals surface area (Å²) >= 11 is 0. The van der Waals surface area contributed by atoms with Crippen molar-refractivity contribution in [2.75, 3.05) is 13.1 Å². The molecule has 11 heteroatoms. The first-order valence-corrected chi connectivity index (χ1v) is 10.6. The quantitative estimate of drug-likeness (QED) is 0.468. The van der Waals surface area contributed by atoms with Crippen molar-refractivity contribution in [3.8, 4) is 17.3 Å². The molecule has 1 aliphatic rings. The van der Waals surface area contributed by atoms with Crippen molar-refractivity contribution in [1.29, 1.82) is 0 Å². The second kappa shape index (κ2) is 7.74. The highest BCUT2D eigenvalue weighted by Crippen LogP contribution is 2.30. The van der Waals surface area contributed by atoms with Crippen molar-refractivity contribution in [3.05, 3.63) is 36.4 Å². The lowest BCUT2D eigenvalue weighted by Crippen LogP contribution is -2.32. The summed E-state index contributed by atoms with van der Waals surface area (Å²) in [7, 11) is 3.74. The highest BCUT2D eigenvalue weighted by molar-refractivity contribution is 5.92. The molecule has 166 valence electrons. The Bertz CT molecular complexity index is 1300. The van der Waals surface area contributed by atoms with E-state index in [-0.39, 0.29) is 12.0 Å². The number of amides is 1. The maximum atomic E-state index is 12.8. The Hall–Kier alpha value is -3.76. The van der Waals surface area contributed by atoms with E-state index >= 15 is 0 Å². The molecule has 5 rings (SSSR count).